The van der Waals surface area contributed by atoms with E-state index in [-0.39, 0.29) is 31.0 Å². The summed E-state index contributed by atoms with van der Waals surface area (Å²) >= 11 is 0. The van der Waals surface area contributed by atoms with E-state index in [9.17, 15) is 9.59 Å². The first-order valence-corrected chi connectivity index (χ1v) is 2.70. The molecule has 0 saturated heterocycles. The molecule has 0 aromatic rings. The minimum atomic E-state index is -2.17. The summed E-state index contributed by atoms with van der Waals surface area (Å²) in [5, 5.41) is 36.8. The number of hydrogen-bond donors (Lipinski definition) is 3. The van der Waals surface area contributed by atoms with E-state index >= 15 is 0 Å². The van der Waals surface area contributed by atoms with Gasteiger partial charge in [0.05, 0.1) is 0 Å². The molecule has 0 spiro atoms. The smallest absolute Gasteiger partial charge is 1.00 e. The Hall–Kier alpha value is -1.14. The molecule has 0 aliphatic carbocycles. The molecule has 76 valence electrons. The fourth-order valence-corrected chi connectivity index (χ4v) is 0.166. The van der Waals surface area contributed by atoms with E-state index in [1.165, 1.54) is 0 Å². The molecule has 0 radical (unpaired) electrons. The minimum absolute atomic E-state index is 0. The predicted molar refractivity (Wildman–Crippen MR) is 36.9 cm³/mol. The molecule has 0 unspecified atom stereocenters. The summed E-state index contributed by atoms with van der Waals surface area (Å²) in [5.41, 5.74) is 0. The molecule has 0 aliphatic rings. The quantitative estimate of drug-likeness (QED) is 0.158. The van der Waals surface area contributed by atoms with E-state index in [1.807, 2.05) is 0 Å². The Bertz CT molecular complexity index is 258. The Balaban J connectivity index is -0.000000105. The summed E-state index contributed by atoms with van der Waals surface area (Å²) < 4.78 is 6.99. The first kappa shape index (κ1) is 19.4. The van der Waals surface area contributed by atoms with Crippen molar-refractivity contribution >= 4 is 19.3 Å². The van der Waals surface area contributed by atoms with Gasteiger partial charge in [0.25, 0.3) is 12.5 Å². The normalized spacial score (nSPS) is 6.20. The second-order valence-electron chi connectivity index (χ2n) is 1.31. The largest absolute Gasteiger partial charge is 1.00 e. The van der Waals surface area contributed by atoms with Gasteiger partial charge in [0.2, 0.25) is 0 Å². The summed E-state index contributed by atoms with van der Waals surface area (Å²) in [4.78, 5) is 20.1. The van der Waals surface area contributed by atoms with E-state index in [4.69, 9.17) is 25.6 Å². The molecule has 0 aromatic carbocycles. The Morgan fingerprint density at radius 2 is 1.27 bits per heavy atom. The standard InChI is InChI=1S/C4N2O4.BH3O3.Na.H/c5-1-9-3(7)4(8)10-2-6;2-1(3)4;;/h;2-4H;;/q;;+1;-1. The minimum Gasteiger partial charge on any atom is -1.00 e. The third-order valence-corrected chi connectivity index (χ3v) is 0.443. The van der Waals surface area contributed by atoms with Gasteiger partial charge < -0.3 is 26.0 Å². The zero-order valence-corrected chi connectivity index (χ0v) is 9.45. The van der Waals surface area contributed by atoms with Crippen LogP contribution < -0.4 is 29.6 Å². The molecular formula is C4H4BN2NaO7. The van der Waals surface area contributed by atoms with Crippen molar-refractivity contribution in [2.24, 2.45) is 0 Å². The first-order valence-electron chi connectivity index (χ1n) is 2.70. The van der Waals surface area contributed by atoms with Crippen LogP contribution in [0.1, 0.15) is 1.43 Å². The summed E-state index contributed by atoms with van der Waals surface area (Å²) in [6.45, 7) is 0. The van der Waals surface area contributed by atoms with Crippen molar-refractivity contribution < 1.29 is 65.1 Å². The molecule has 0 bridgehead atoms. The molecule has 11 heteroatoms. The maximum Gasteiger partial charge on any atom is 1.00 e. The molecule has 15 heavy (non-hydrogen) atoms. The monoisotopic (exact) mass is 226 g/mol. The zero-order chi connectivity index (χ0) is 11.6. The first-order chi connectivity index (χ1) is 6.45. The van der Waals surface area contributed by atoms with Crippen LogP contribution in [0.3, 0.4) is 0 Å². The number of hydrogen-bond acceptors (Lipinski definition) is 9. The van der Waals surface area contributed by atoms with Crippen molar-refractivity contribution in [1.82, 2.24) is 0 Å². The summed E-state index contributed by atoms with van der Waals surface area (Å²) in [6.07, 6.45) is 1.89. The van der Waals surface area contributed by atoms with Gasteiger partial charge in [-0.2, -0.15) is 0 Å². The topological polar surface area (TPSA) is 161 Å². The molecule has 0 aromatic heterocycles. The maximum absolute atomic E-state index is 10.1. The number of nitrogens with zero attached hydrogens (tertiary/aromatic N) is 2. The number of rotatable bonds is 0. The van der Waals surface area contributed by atoms with Crippen molar-refractivity contribution in [2.75, 3.05) is 0 Å². The van der Waals surface area contributed by atoms with Crippen LogP contribution in [0.4, 0.5) is 0 Å². The van der Waals surface area contributed by atoms with Crippen LogP contribution >= 0.6 is 0 Å². The van der Waals surface area contributed by atoms with Crippen LogP contribution in [0.5, 0.6) is 0 Å². The Kier molecular flexibility index (Phi) is 16.7. The number of ether oxygens (including phenoxy) is 2. The zero-order valence-electron chi connectivity index (χ0n) is 8.45. The number of esters is 2. The van der Waals surface area contributed by atoms with Crippen molar-refractivity contribution in [3.63, 3.8) is 0 Å². The second-order valence-corrected chi connectivity index (χ2v) is 1.31. The number of nitriles is 2. The van der Waals surface area contributed by atoms with Gasteiger partial charge in [-0.1, -0.05) is 0 Å². The summed E-state index contributed by atoms with van der Waals surface area (Å²) in [7, 11) is -2.17. The van der Waals surface area contributed by atoms with E-state index < -0.39 is 19.3 Å². The molecule has 0 atom stereocenters. The second kappa shape index (κ2) is 12.9. The van der Waals surface area contributed by atoms with Crippen molar-refractivity contribution in [1.29, 1.82) is 10.5 Å². The van der Waals surface area contributed by atoms with Gasteiger partial charge in [0.1, 0.15) is 0 Å². The van der Waals surface area contributed by atoms with Gasteiger partial charge in [-0.3, -0.25) is 0 Å². The molecule has 0 rings (SSSR count). The van der Waals surface area contributed by atoms with Gasteiger partial charge in [0, 0.05) is 0 Å². The van der Waals surface area contributed by atoms with E-state index in [0.717, 1.165) is 12.5 Å². The van der Waals surface area contributed by atoms with Crippen LogP contribution in [0.2, 0.25) is 0 Å². The Morgan fingerprint density at radius 3 is 1.40 bits per heavy atom. The van der Waals surface area contributed by atoms with E-state index in [2.05, 4.69) is 9.47 Å². The average Bonchev–Trinajstić information content (AvgIpc) is 2.04. The third kappa shape index (κ3) is 19.3. The van der Waals surface area contributed by atoms with E-state index in [0.29, 0.717) is 0 Å². The molecule has 0 amide bonds. The molecule has 0 heterocycles. The maximum atomic E-state index is 10.1. The summed E-state index contributed by atoms with van der Waals surface area (Å²) in [6, 6.07) is 0. The van der Waals surface area contributed by atoms with Gasteiger partial charge in [-0.15, -0.1) is 10.5 Å². The number of carbonyl (C=O) groups excluding carboxylic acids is 2. The molecule has 0 saturated carbocycles. The predicted octanol–water partition coefficient (Wildman–Crippen LogP) is -5.90. The molecular weight excluding hydrogens is 222 g/mol. The van der Waals surface area contributed by atoms with Crippen LogP contribution in [-0.4, -0.2) is 34.3 Å². The summed E-state index contributed by atoms with van der Waals surface area (Å²) in [5.74, 6) is -3.02. The third-order valence-electron chi connectivity index (χ3n) is 0.443. The SMILES string of the molecule is N#COC(=O)C(=O)OC#N.OB(O)O.[H-].[Na+]. The fraction of sp³-hybridized carbons (Fsp3) is 0. The van der Waals surface area contributed by atoms with Gasteiger partial charge in [0.15, 0.2) is 0 Å². The molecule has 9 nitrogen and oxygen atoms in total. The van der Waals surface area contributed by atoms with Crippen LogP contribution in [-0.2, 0) is 19.1 Å². The van der Waals surface area contributed by atoms with Gasteiger partial charge >= 0.3 is 48.8 Å². The van der Waals surface area contributed by atoms with Gasteiger partial charge in [-0.25, -0.2) is 9.59 Å². The van der Waals surface area contributed by atoms with Crippen LogP contribution in [0, 0.1) is 23.0 Å². The van der Waals surface area contributed by atoms with Crippen molar-refractivity contribution in [3.8, 4) is 12.5 Å². The van der Waals surface area contributed by atoms with Crippen molar-refractivity contribution in [3.05, 3.63) is 0 Å². The Morgan fingerprint density at radius 1 is 1.07 bits per heavy atom. The van der Waals surface area contributed by atoms with Gasteiger partial charge in [-0.05, 0) is 0 Å². The fourth-order valence-electron chi connectivity index (χ4n) is 0.166. The van der Waals surface area contributed by atoms with Crippen LogP contribution in [0.25, 0.3) is 0 Å². The molecule has 0 fully saturated rings. The Labute approximate surface area is 107 Å². The van der Waals surface area contributed by atoms with Crippen LogP contribution in [0.15, 0.2) is 0 Å². The molecule has 3 N–H and O–H groups in total. The van der Waals surface area contributed by atoms with Crippen molar-refractivity contribution in [2.45, 2.75) is 0 Å². The van der Waals surface area contributed by atoms with E-state index in [1.54, 1.807) is 0 Å². The number of carbonyl (C=O) groups is 2. The molecule has 0 aliphatic heterocycles. The average molecular weight is 226 g/mol.